The van der Waals surface area contributed by atoms with Gasteiger partial charge in [-0.15, -0.1) is 0 Å². The fourth-order valence-electron chi connectivity index (χ4n) is 8.29. The maximum atomic E-state index is 9.19. The highest BCUT2D eigenvalue weighted by Gasteiger charge is 2.25. The van der Waals surface area contributed by atoms with Gasteiger partial charge < -0.3 is 4.74 Å². The molecule has 7 aromatic carbocycles. The molecule has 10 rings (SSSR count). The van der Waals surface area contributed by atoms with Crippen LogP contribution in [0.3, 0.4) is 0 Å². The van der Waals surface area contributed by atoms with Crippen LogP contribution in [0.4, 0.5) is 0 Å². The van der Waals surface area contributed by atoms with Crippen molar-refractivity contribution in [1.29, 1.82) is 0 Å². The number of imidazole rings is 1. The summed E-state index contributed by atoms with van der Waals surface area (Å²) in [5.74, 6) is 1.48. The van der Waals surface area contributed by atoms with Crippen LogP contribution in [0.5, 0.6) is 11.5 Å². The van der Waals surface area contributed by atoms with Crippen LogP contribution < -0.4 is 9.30 Å². The molecule has 5 nitrogen and oxygen atoms in total. The van der Waals surface area contributed by atoms with Gasteiger partial charge in [0, 0.05) is 23.0 Å². The van der Waals surface area contributed by atoms with Crippen LogP contribution in [0.15, 0.2) is 176 Å². The molecule has 0 bridgehead atoms. The number of aryl methyl sites for hydroxylation is 1. The van der Waals surface area contributed by atoms with Crippen LogP contribution in [0.1, 0.15) is 77.5 Å². The average Bonchev–Trinajstić information content (AvgIpc) is 3.92. The number of rotatable bonds is 8. The molecule has 0 fully saturated rings. The molecule has 0 saturated heterocycles. The summed E-state index contributed by atoms with van der Waals surface area (Å²) in [5, 5.41) is 1.02. The second kappa shape index (κ2) is 15.6. The van der Waals surface area contributed by atoms with Gasteiger partial charge in [-0.1, -0.05) is 164 Å². The van der Waals surface area contributed by atoms with Crippen LogP contribution in [0.2, 0.25) is 0 Å². The predicted octanol–water partition coefficient (Wildman–Crippen LogP) is 14.5. The van der Waals surface area contributed by atoms with Crippen LogP contribution in [-0.4, -0.2) is 14.1 Å². The van der Waals surface area contributed by atoms with E-state index < -0.39 is 18.1 Å². The Bertz CT molecular complexity index is 3800. The van der Waals surface area contributed by atoms with E-state index in [4.69, 9.17) is 14.3 Å². The van der Waals surface area contributed by atoms with Gasteiger partial charge in [-0.05, 0) is 105 Å². The van der Waals surface area contributed by atoms with Crippen LogP contribution in [-0.2, 0) is 17.3 Å². The fraction of sp³-hybridized carbons (Fsp3) is 0.172. The summed E-state index contributed by atoms with van der Waals surface area (Å²) in [4.78, 5) is 4.67. The van der Waals surface area contributed by atoms with E-state index in [9.17, 15) is 2.74 Å². The smallest absolute Gasteiger partial charge is 0.269 e. The Labute approximate surface area is 383 Å². The largest absolute Gasteiger partial charge is 0.458 e. The first-order chi connectivity index (χ1) is 34.2. The third kappa shape index (κ3) is 7.38. The van der Waals surface area contributed by atoms with E-state index >= 15 is 0 Å². The number of ether oxygens (including phenoxy) is 1. The number of para-hydroxylation sites is 4. The van der Waals surface area contributed by atoms with Gasteiger partial charge >= 0.3 is 0 Å². The lowest BCUT2D eigenvalue weighted by Crippen LogP contribution is -2.31. The van der Waals surface area contributed by atoms with E-state index in [2.05, 4.69) is 71.1 Å². The molecule has 0 aliphatic rings. The molecule has 0 aliphatic heterocycles. The molecule has 10 aromatic rings. The number of pyridine rings is 1. The molecular weight excluding hydrogens is 769 g/mol. The lowest BCUT2D eigenvalue weighted by Gasteiger charge is -2.27. The quantitative estimate of drug-likeness (QED) is 0.113. The molecular formula is C58H52N4O. The van der Waals surface area contributed by atoms with Gasteiger partial charge in [-0.25, -0.2) is 4.98 Å². The number of hydrogen-bond acceptors (Lipinski definition) is 2. The molecule has 3 heterocycles. The fourth-order valence-corrected chi connectivity index (χ4v) is 8.29. The van der Waals surface area contributed by atoms with Crippen molar-refractivity contribution in [2.45, 2.75) is 65.7 Å². The van der Waals surface area contributed by atoms with Crippen molar-refractivity contribution >= 4 is 32.8 Å². The van der Waals surface area contributed by atoms with Gasteiger partial charge in [-0.3, -0.25) is 13.7 Å². The highest BCUT2D eigenvalue weighted by Crippen LogP contribution is 2.40. The van der Waals surface area contributed by atoms with Crippen LogP contribution in [0, 0.1) is 6.33 Å². The molecule has 310 valence electrons. The summed E-state index contributed by atoms with van der Waals surface area (Å²) >= 11 is 0. The standard InChI is InChI=1S/C58H52N4O/c1-8-39-30-31-59-55(32-39)62-51-25-13-12-22-49(51)50-29-28-46(37-54(50)62)63-45-21-16-20-44(36-45)60-38-61(53-27-15-14-26-52(53)60)56-47(40-18-10-9-11-19-40)23-17-24-48(56)41-33-42(57(2,3)4)35-43(34-41)58(5,6)7/h9-37H,8H2,1-7H3/i9D,10D,11D,12D,13D,18D,19D,22D,25D. The summed E-state index contributed by atoms with van der Waals surface area (Å²) in [6.45, 7) is 15.1. The van der Waals surface area contributed by atoms with E-state index in [0.29, 0.717) is 56.1 Å². The Morgan fingerprint density at radius 2 is 1.32 bits per heavy atom. The number of benzene rings is 7. The van der Waals surface area contributed by atoms with Crippen LogP contribution >= 0.6 is 0 Å². The van der Waals surface area contributed by atoms with Gasteiger partial charge in [0.2, 0.25) is 0 Å². The zero-order valence-corrected chi connectivity index (χ0v) is 36.5. The van der Waals surface area contributed by atoms with Gasteiger partial charge in [0.25, 0.3) is 6.33 Å². The Morgan fingerprint density at radius 1 is 0.619 bits per heavy atom. The zero-order valence-electron chi connectivity index (χ0n) is 45.5. The lowest BCUT2D eigenvalue weighted by atomic mass is 9.78. The molecule has 0 atom stereocenters. The maximum absolute atomic E-state index is 9.19. The molecule has 0 N–H and O–H groups in total. The van der Waals surface area contributed by atoms with Gasteiger partial charge in [0.05, 0.1) is 45.8 Å². The van der Waals surface area contributed by atoms with Crippen molar-refractivity contribution in [1.82, 2.24) is 14.1 Å². The highest BCUT2D eigenvalue weighted by molar-refractivity contribution is 6.09. The first kappa shape index (κ1) is 30.7. The predicted molar refractivity (Wildman–Crippen MR) is 260 cm³/mol. The van der Waals surface area contributed by atoms with E-state index in [1.54, 1.807) is 16.8 Å². The van der Waals surface area contributed by atoms with E-state index in [1.165, 1.54) is 0 Å². The van der Waals surface area contributed by atoms with Crippen LogP contribution in [0.25, 0.3) is 72.3 Å². The molecule has 63 heavy (non-hydrogen) atoms. The summed E-state index contributed by atoms with van der Waals surface area (Å²) in [6.07, 6.45) is 6.10. The average molecular weight is 830 g/mol. The van der Waals surface area contributed by atoms with E-state index in [0.717, 1.165) is 45.3 Å². The number of aromatic nitrogens is 4. The normalized spacial score (nSPS) is 14.1. The second-order valence-electron chi connectivity index (χ2n) is 18.0. The molecule has 3 aromatic heterocycles. The Hall–Kier alpha value is -7.24. The SMILES string of the molecule is [2H]c1c([2H])c([2H])c(-c2cccc(-c3cc(C(C)(C)C)cc(C(C)(C)C)c3)c2-[n+]2[c-]n(-c3cccc(Oc4ccc5c6c([2H])c([2H])c([2H])c([2H])c6n(-c6cc(CC)ccn6)c5c4)c3)c3ccccc32)c([2H])c1[2H]. The van der Waals surface area contributed by atoms with Gasteiger partial charge in [0.1, 0.15) is 17.3 Å². The second-order valence-corrected chi connectivity index (χ2v) is 18.0. The molecule has 0 saturated carbocycles. The molecule has 0 radical (unpaired) electrons. The van der Waals surface area contributed by atoms with E-state index in [-0.39, 0.29) is 52.6 Å². The topological polar surface area (TPSA) is 35.9 Å². The van der Waals surface area contributed by atoms with Crippen molar-refractivity contribution in [2.24, 2.45) is 0 Å². The molecule has 0 amide bonds. The third-order valence-corrected chi connectivity index (χ3v) is 11.7. The Kier molecular flexibility index (Phi) is 7.60. The summed E-state index contributed by atoms with van der Waals surface area (Å²) in [5.41, 5.74) is 8.85. The minimum Gasteiger partial charge on any atom is -0.458 e. The Balaban J connectivity index is 1.17. The van der Waals surface area contributed by atoms with Crippen molar-refractivity contribution in [3.8, 4) is 50.9 Å². The first-order valence-electron chi connectivity index (χ1n) is 25.8. The maximum Gasteiger partial charge on any atom is 0.269 e. The van der Waals surface area contributed by atoms with Crippen molar-refractivity contribution < 1.29 is 21.6 Å². The first-order valence-corrected chi connectivity index (χ1v) is 21.3. The minimum absolute atomic E-state index is 0.0806. The summed E-state index contributed by atoms with van der Waals surface area (Å²) in [6, 6.07) is 34.2. The van der Waals surface area contributed by atoms with E-state index in [1.807, 2.05) is 107 Å². The molecule has 0 spiro atoms. The monoisotopic (exact) mass is 829 g/mol. The van der Waals surface area contributed by atoms with Gasteiger partial charge in [-0.2, -0.15) is 0 Å². The molecule has 0 aliphatic carbocycles. The zero-order chi connectivity index (χ0) is 51.3. The molecule has 5 heteroatoms. The number of nitrogens with zero attached hydrogens (tertiary/aromatic N) is 4. The summed E-state index contributed by atoms with van der Waals surface area (Å²) < 4.78 is 91.5. The van der Waals surface area contributed by atoms with Crippen molar-refractivity contribution in [3.05, 3.63) is 199 Å². The van der Waals surface area contributed by atoms with Gasteiger partial charge in [0.15, 0.2) is 0 Å². The highest BCUT2D eigenvalue weighted by atomic mass is 16.5. The van der Waals surface area contributed by atoms with Crippen molar-refractivity contribution in [2.75, 3.05) is 0 Å². The third-order valence-electron chi connectivity index (χ3n) is 11.7. The number of fused-ring (bicyclic) bond motifs is 4. The minimum atomic E-state index is -0.465. The Morgan fingerprint density at radius 3 is 2.08 bits per heavy atom. The summed E-state index contributed by atoms with van der Waals surface area (Å²) in [7, 11) is 0. The number of hydrogen-bond donors (Lipinski definition) is 0. The lowest BCUT2D eigenvalue weighted by molar-refractivity contribution is -0.571. The van der Waals surface area contributed by atoms with Crippen molar-refractivity contribution in [3.63, 3.8) is 0 Å². The molecule has 0 unspecified atom stereocenters.